The second-order valence-electron chi connectivity index (χ2n) is 3.36. The zero-order valence-electron chi connectivity index (χ0n) is 8.79. The summed E-state index contributed by atoms with van der Waals surface area (Å²) in [6.45, 7) is 1.77. The Kier molecular flexibility index (Phi) is 2.80. The molecule has 2 aromatic rings. The Balaban J connectivity index is 2.52. The average molecular weight is 298 g/mol. The molecule has 1 aromatic heterocycles. The van der Waals surface area contributed by atoms with Crippen molar-refractivity contribution < 1.29 is 4.92 Å². The first-order valence-corrected chi connectivity index (χ1v) is 5.42. The number of nitrogens with zero attached hydrogens (tertiary/aromatic N) is 4. The first kappa shape index (κ1) is 11.5. The van der Waals surface area contributed by atoms with Crippen LogP contribution in [0.15, 0.2) is 22.7 Å². The lowest BCUT2D eigenvalue weighted by Gasteiger charge is -2.03. The van der Waals surface area contributed by atoms with Gasteiger partial charge in [0, 0.05) is 6.07 Å². The molecule has 0 saturated heterocycles. The molecule has 0 bridgehead atoms. The molecule has 17 heavy (non-hydrogen) atoms. The molecule has 2 N–H and O–H groups in total. The van der Waals surface area contributed by atoms with E-state index in [1.165, 1.54) is 10.7 Å². The maximum atomic E-state index is 10.7. The Bertz CT molecular complexity index is 595. The summed E-state index contributed by atoms with van der Waals surface area (Å²) in [4.78, 5) is 10.2. The summed E-state index contributed by atoms with van der Waals surface area (Å²) in [5.74, 6) is 0.333. The van der Waals surface area contributed by atoms with Crippen molar-refractivity contribution in [2.24, 2.45) is 0 Å². The van der Waals surface area contributed by atoms with Crippen LogP contribution in [0, 0.1) is 17.0 Å². The third-order valence-electron chi connectivity index (χ3n) is 2.30. The van der Waals surface area contributed by atoms with Gasteiger partial charge in [-0.25, -0.2) is 4.68 Å². The molecule has 1 heterocycles. The molecule has 1 aromatic carbocycles. The van der Waals surface area contributed by atoms with E-state index >= 15 is 0 Å². The Morgan fingerprint density at radius 2 is 2.24 bits per heavy atom. The van der Waals surface area contributed by atoms with Gasteiger partial charge in [-0.1, -0.05) is 5.21 Å². The summed E-state index contributed by atoms with van der Waals surface area (Å²) in [5.41, 5.74) is 6.92. The van der Waals surface area contributed by atoms with Gasteiger partial charge in [-0.15, -0.1) is 5.10 Å². The summed E-state index contributed by atoms with van der Waals surface area (Å²) in [5, 5.41) is 18.2. The number of halogens is 1. The third-order valence-corrected chi connectivity index (χ3v) is 2.94. The summed E-state index contributed by atoms with van der Waals surface area (Å²) < 4.78 is 1.90. The number of anilines is 1. The van der Waals surface area contributed by atoms with E-state index in [0.717, 1.165) is 0 Å². The highest BCUT2D eigenvalue weighted by Gasteiger charge is 2.14. The summed E-state index contributed by atoms with van der Waals surface area (Å²) in [6.07, 6.45) is 0. The maximum absolute atomic E-state index is 10.7. The van der Waals surface area contributed by atoms with Crippen LogP contribution in [0.5, 0.6) is 0 Å². The largest absolute Gasteiger partial charge is 0.381 e. The molecule has 8 heteroatoms. The van der Waals surface area contributed by atoms with Crippen molar-refractivity contribution >= 4 is 27.4 Å². The van der Waals surface area contributed by atoms with E-state index in [2.05, 4.69) is 26.2 Å². The lowest BCUT2D eigenvalue weighted by atomic mass is 10.3. The summed E-state index contributed by atoms with van der Waals surface area (Å²) >= 11 is 3.14. The number of hydrogen-bond acceptors (Lipinski definition) is 5. The highest BCUT2D eigenvalue weighted by molar-refractivity contribution is 9.10. The van der Waals surface area contributed by atoms with E-state index < -0.39 is 4.92 Å². The molecule has 0 aliphatic rings. The van der Waals surface area contributed by atoms with Gasteiger partial charge in [0.25, 0.3) is 5.69 Å². The first-order chi connectivity index (χ1) is 8.00. The third kappa shape index (κ3) is 1.98. The maximum Gasteiger partial charge on any atom is 0.283 e. The smallest absolute Gasteiger partial charge is 0.283 e. The standard InChI is InChI=1S/C9H8BrN5O2/c1-5-9(11)12-13-14(5)6-2-3-8(15(16)17)7(10)4-6/h2-4H,11H2,1H3. The van der Waals surface area contributed by atoms with Crippen LogP contribution in [0.25, 0.3) is 5.69 Å². The Labute approximate surface area is 105 Å². The topological polar surface area (TPSA) is 99.9 Å². The van der Waals surface area contributed by atoms with Gasteiger partial charge in [0.15, 0.2) is 5.82 Å². The van der Waals surface area contributed by atoms with E-state index in [1.54, 1.807) is 19.1 Å². The van der Waals surface area contributed by atoms with Crippen molar-refractivity contribution in [3.8, 4) is 5.69 Å². The summed E-state index contributed by atoms with van der Waals surface area (Å²) in [7, 11) is 0. The summed E-state index contributed by atoms with van der Waals surface area (Å²) in [6, 6.07) is 4.58. The number of nitro groups is 1. The molecule has 7 nitrogen and oxygen atoms in total. The zero-order valence-corrected chi connectivity index (χ0v) is 10.4. The highest BCUT2D eigenvalue weighted by atomic mass is 79.9. The zero-order chi connectivity index (χ0) is 12.6. The minimum atomic E-state index is -0.462. The number of rotatable bonds is 2. The van der Waals surface area contributed by atoms with E-state index in [-0.39, 0.29) is 5.69 Å². The van der Waals surface area contributed by atoms with Crippen LogP contribution >= 0.6 is 15.9 Å². The normalized spacial score (nSPS) is 10.5. The monoisotopic (exact) mass is 297 g/mol. The van der Waals surface area contributed by atoms with Crippen LogP contribution in [0.2, 0.25) is 0 Å². The van der Waals surface area contributed by atoms with Gasteiger partial charge < -0.3 is 5.73 Å². The number of benzene rings is 1. The van der Waals surface area contributed by atoms with Crippen LogP contribution in [-0.4, -0.2) is 19.9 Å². The molecule has 0 spiro atoms. The molecule has 0 aliphatic carbocycles. The van der Waals surface area contributed by atoms with Gasteiger partial charge in [0.2, 0.25) is 0 Å². The molecule has 88 valence electrons. The second-order valence-corrected chi connectivity index (χ2v) is 4.22. The molecular formula is C9H8BrN5O2. The molecule has 0 radical (unpaired) electrons. The van der Waals surface area contributed by atoms with Crippen LogP contribution in [0.4, 0.5) is 11.5 Å². The molecule has 0 amide bonds. The van der Waals surface area contributed by atoms with Crippen LogP contribution in [0.3, 0.4) is 0 Å². The van der Waals surface area contributed by atoms with Gasteiger partial charge in [-0.2, -0.15) is 0 Å². The fraction of sp³-hybridized carbons (Fsp3) is 0.111. The van der Waals surface area contributed by atoms with Crippen molar-refractivity contribution in [3.05, 3.63) is 38.5 Å². The van der Waals surface area contributed by atoms with Crippen LogP contribution in [-0.2, 0) is 0 Å². The lowest BCUT2D eigenvalue weighted by molar-refractivity contribution is -0.385. The van der Waals surface area contributed by atoms with Crippen LogP contribution < -0.4 is 5.73 Å². The number of aromatic nitrogens is 3. The molecule has 0 aliphatic heterocycles. The quantitative estimate of drug-likeness (QED) is 0.673. The predicted molar refractivity (Wildman–Crippen MR) is 64.9 cm³/mol. The highest BCUT2D eigenvalue weighted by Crippen LogP contribution is 2.27. The van der Waals surface area contributed by atoms with E-state index in [0.29, 0.717) is 21.7 Å². The van der Waals surface area contributed by atoms with Gasteiger partial charge in [0.1, 0.15) is 0 Å². The Morgan fingerprint density at radius 3 is 2.71 bits per heavy atom. The molecule has 0 atom stereocenters. The van der Waals surface area contributed by atoms with Crippen molar-refractivity contribution in [2.45, 2.75) is 6.92 Å². The number of nitro benzene ring substituents is 1. The number of nitrogens with two attached hydrogens (primary N) is 1. The van der Waals surface area contributed by atoms with E-state index in [1.807, 2.05) is 0 Å². The minimum Gasteiger partial charge on any atom is -0.381 e. The van der Waals surface area contributed by atoms with Gasteiger partial charge in [-0.05, 0) is 35.0 Å². The Morgan fingerprint density at radius 1 is 1.53 bits per heavy atom. The van der Waals surface area contributed by atoms with E-state index in [4.69, 9.17) is 5.73 Å². The lowest BCUT2D eigenvalue weighted by Crippen LogP contribution is -2.00. The number of nitrogen functional groups attached to an aromatic ring is 1. The molecule has 0 fully saturated rings. The van der Waals surface area contributed by atoms with Crippen molar-refractivity contribution in [1.29, 1.82) is 0 Å². The number of hydrogen-bond donors (Lipinski definition) is 1. The molecule has 0 unspecified atom stereocenters. The Hall–Kier alpha value is -1.96. The van der Waals surface area contributed by atoms with Gasteiger partial charge in [-0.3, -0.25) is 10.1 Å². The SMILES string of the molecule is Cc1c(N)nnn1-c1ccc([N+](=O)[O-])c(Br)c1. The van der Waals surface area contributed by atoms with Gasteiger partial charge in [0.05, 0.1) is 20.8 Å². The molecular weight excluding hydrogens is 290 g/mol. The van der Waals surface area contributed by atoms with Crippen LogP contribution in [0.1, 0.15) is 5.69 Å². The van der Waals surface area contributed by atoms with Gasteiger partial charge >= 0.3 is 0 Å². The first-order valence-electron chi connectivity index (χ1n) is 4.63. The van der Waals surface area contributed by atoms with Crippen molar-refractivity contribution in [3.63, 3.8) is 0 Å². The van der Waals surface area contributed by atoms with Crippen molar-refractivity contribution in [2.75, 3.05) is 5.73 Å². The van der Waals surface area contributed by atoms with Crippen molar-refractivity contribution in [1.82, 2.24) is 15.0 Å². The van der Waals surface area contributed by atoms with E-state index in [9.17, 15) is 10.1 Å². The fourth-order valence-corrected chi connectivity index (χ4v) is 1.87. The molecule has 2 rings (SSSR count). The second kappa shape index (κ2) is 4.13. The average Bonchev–Trinajstić information content (AvgIpc) is 2.59. The molecule has 0 saturated carbocycles. The minimum absolute atomic E-state index is 0.000472. The predicted octanol–water partition coefficient (Wildman–Crippen LogP) is 1.83. The fourth-order valence-electron chi connectivity index (χ4n) is 1.36.